The molecule has 11 aromatic carbocycles. The van der Waals surface area contributed by atoms with E-state index >= 15 is 0 Å². The first kappa shape index (κ1) is 38.9. The third kappa shape index (κ3) is 6.71. The van der Waals surface area contributed by atoms with E-state index in [0.29, 0.717) is 0 Å². The molecule has 13 aromatic rings. The maximum atomic E-state index is 6.80. The van der Waals surface area contributed by atoms with Gasteiger partial charge < -0.3 is 9.32 Å². The summed E-state index contributed by atoms with van der Waals surface area (Å²) >= 11 is 1.88. The maximum absolute atomic E-state index is 6.80. The minimum atomic E-state index is 0.849. The topological polar surface area (TPSA) is 16.4 Å². The quantitative estimate of drug-likeness (QED) is 0.151. The van der Waals surface area contributed by atoms with E-state index in [-0.39, 0.29) is 0 Å². The summed E-state index contributed by atoms with van der Waals surface area (Å²) in [6.45, 7) is 0. The molecule has 13 rings (SSSR count). The molecule has 0 saturated heterocycles. The number of hydrogen-bond donors (Lipinski definition) is 0. The Morgan fingerprint density at radius 2 is 0.896 bits per heavy atom. The van der Waals surface area contributed by atoms with E-state index in [1.807, 2.05) is 11.3 Å². The van der Waals surface area contributed by atoms with E-state index < -0.39 is 0 Å². The van der Waals surface area contributed by atoms with Crippen molar-refractivity contribution < 1.29 is 4.42 Å². The average Bonchev–Trinajstić information content (AvgIpc) is 3.98. The molecule has 67 heavy (non-hydrogen) atoms. The van der Waals surface area contributed by atoms with Gasteiger partial charge in [-0.1, -0.05) is 200 Å². The Hall–Kier alpha value is -8.50. The molecular weight excluding hydrogens is 831 g/mol. The molecule has 2 aromatic heterocycles. The van der Waals surface area contributed by atoms with Gasteiger partial charge in [0.25, 0.3) is 0 Å². The third-order valence-corrected chi connectivity index (χ3v) is 14.5. The molecule has 2 heterocycles. The van der Waals surface area contributed by atoms with Crippen LogP contribution in [0.5, 0.6) is 0 Å². The minimum absolute atomic E-state index is 0.849. The molecule has 0 aliphatic carbocycles. The Bertz CT molecular complexity index is 3950. The van der Waals surface area contributed by atoms with Gasteiger partial charge in [-0.05, 0) is 115 Å². The summed E-state index contributed by atoms with van der Waals surface area (Å²) in [6, 6.07) is 90.1. The van der Waals surface area contributed by atoms with Crippen LogP contribution in [0.4, 0.5) is 17.1 Å². The zero-order chi connectivity index (χ0) is 44.3. The predicted molar refractivity (Wildman–Crippen MR) is 286 cm³/mol. The molecular formula is C64H41NOS. The van der Waals surface area contributed by atoms with Crippen molar-refractivity contribution in [3.05, 3.63) is 249 Å². The van der Waals surface area contributed by atoms with E-state index in [9.17, 15) is 0 Å². The SMILES string of the molecule is c1ccc(-c2ccc3c(c2)oc2cccc(N(c4ccc(-c5c(-c6ccccc6)ccc6ccccc56)cc4)c4ccc(-c5ccccc5)c5sc6cc(-c7ccccc7)ccc6c45)c23)cc1. The van der Waals surface area contributed by atoms with Gasteiger partial charge in [0.2, 0.25) is 0 Å². The van der Waals surface area contributed by atoms with Crippen LogP contribution in [0, 0.1) is 0 Å². The highest BCUT2D eigenvalue weighted by molar-refractivity contribution is 7.26. The molecule has 0 bridgehead atoms. The van der Waals surface area contributed by atoms with Gasteiger partial charge in [-0.2, -0.15) is 0 Å². The molecule has 0 atom stereocenters. The molecule has 0 aliphatic heterocycles. The van der Waals surface area contributed by atoms with Crippen molar-refractivity contribution >= 4 is 81.3 Å². The highest BCUT2D eigenvalue weighted by atomic mass is 32.1. The molecule has 0 aliphatic rings. The van der Waals surface area contributed by atoms with Crippen LogP contribution < -0.4 is 4.90 Å². The molecule has 0 spiro atoms. The first-order chi connectivity index (χ1) is 33.2. The van der Waals surface area contributed by atoms with E-state index in [4.69, 9.17) is 4.42 Å². The molecule has 2 nitrogen and oxygen atoms in total. The second-order valence-electron chi connectivity index (χ2n) is 17.2. The third-order valence-electron chi connectivity index (χ3n) is 13.3. The summed E-state index contributed by atoms with van der Waals surface area (Å²) in [5.41, 5.74) is 16.9. The number of hydrogen-bond acceptors (Lipinski definition) is 3. The Balaban J connectivity index is 1.07. The highest BCUT2D eigenvalue weighted by Gasteiger charge is 2.25. The number of nitrogens with zero attached hydrogens (tertiary/aromatic N) is 1. The normalized spacial score (nSPS) is 11.6. The molecule has 0 radical (unpaired) electrons. The van der Waals surface area contributed by atoms with Crippen molar-refractivity contribution in [2.45, 2.75) is 0 Å². The average molecular weight is 872 g/mol. The highest BCUT2D eigenvalue weighted by Crippen LogP contribution is 2.51. The monoisotopic (exact) mass is 871 g/mol. The Labute approximate surface area is 392 Å². The zero-order valence-corrected chi connectivity index (χ0v) is 37.3. The van der Waals surface area contributed by atoms with E-state index in [1.54, 1.807) is 0 Å². The van der Waals surface area contributed by atoms with Gasteiger partial charge in [0.1, 0.15) is 11.2 Å². The van der Waals surface area contributed by atoms with Crippen LogP contribution in [0.3, 0.4) is 0 Å². The van der Waals surface area contributed by atoms with Crippen LogP contribution in [-0.4, -0.2) is 0 Å². The molecule has 0 saturated carbocycles. The molecule has 314 valence electrons. The fourth-order valence-corrected chi connectivity index (χ4v) is 11.4. The Kier molecular flexibility index (Phi) is 9.40. The van der Waals surface area contributed by atoms with Crippen molar-refractivity contribution in [3.63, 3.8) is 0 Å². The van der Waals surface area contributed by atoms with E-state index in [1.165, 1.54) is 75.5 Å². The fraction of sp³-hybridized carbons (Fsp3) is 0. The Morgan fingerprint density at radius 3 is 1.60 bits per heavy atom. The van der Waals surface area contributed by atoms with E-state index in [2.05, 4.69) is 254 Å². The zero-order valence-electron chi connectivity index (χ0n) is 36.4. The molecule has 0 amide bonds. The summed E-state index contributed by atoms with van der Waals surface area (Å²) in [5.74, 6) is 0. The lowest BCUT2D eigenvalue weighted by Crippen LogP contribution is -2.11. The number of thiophene rings is 1. The van der Waals surface area contributed by atoms with Gasteiger partial charge in [0.05, 0.1) is 16.8 Å². The van der Waals surface area contributed by atoms with Gasteiger partial charge in [0.15, 0.2) is 0 Å². The van der Waals surface area contributed by atoms with Crippen LogP contribution >= 0.6 is 11.3 Å². The lowest BCUT2D eigenvalue weighted by Gasteiger charge is -2.28. The first-order valence-electron chi connectivity index (χ1n) is 22.8. The maximum Gasteiger partial charge on any atom is 0.137 e. The smallest absolute Gasteiger partial charge is 0.137 e. The molecule has 0 N–H and O–H groups in total. The summed E-state index contributed by atoms with van der Waals surface area (Å²) < 4.78 is 9.31. The van der Waals surface area contributed by atoms with Crippen molar-refractivity contribution in [1.29, 1.82) is 0 Å². The Morgan fingerprint density at radius 1 is 0.328 bits per heavy atom. The van der Waals surface area contributed by atoms with Crippen LogP contribution in [0.2, 0.25) is 0 Å². The van der Waals surface area contributed by atoms with Gasteiger partial charge in [0, 0.05) is 31.2 Å². The number of furan rings is 1. The van der Waals surface area contributed by atoms with Crippen LogP contribution in [-0.2, 0) is 0 Å². The van der Waals surface area contributed by atoms with Crippen LogP contribution in [0.15, 0.2) is 253 Å². The fourth-order valence-electron chi connectivity index (χ4n) is 10.1. The van der Waals surface area contributed by atoms with E-state index in [0.717, 1.165) is 50.1 Å². The summed E-state index contributed by atoms with van der Waals surface area (Å²) in [6.07, 6.45) is 0. The largest absolute Gasteiger partial charge is 0.456 e. The van der Waals surface area contributed by atoms with Gasteiger partial charge >= 0.3 is 0 Å². The molecule has 3 heteroatoms. The standard InChI is InChI=1S/C64H41NOS/c1-5-16-42(17-6-1)48-31-36-54-59(40-48)66-58-27-15-26-56(62(54)58)65(50-33-28-47(29-34-50)61-51-25-14-13-24-46(51)30-35-52(61)44-20-9-3-10-21-44)57-39-38-53(45-22-11-4-12-23-45)64-63(57)55-37-32-49(41-60(55)67-64)43-18-7-2-8-19-43/h1-41H. The summed E-state index contributed by atoms with van der Waals surface area (Å²) in [7, 11) is 0. The summed E-state index contributed by atoms with van der Waals surface area (Å²) in [5, 5.41) is 7.06. The number of fused-ring (bicyclic) bond motifs is 7. The van der Waals surface area contributed by atoms with Crippen LogP contribution in [0.25, 0.3) is 109 Å². The minimum Gasteiger partial charge on any atom is -0.456 e. The van der Waals surface area contributed by atoms with Crippen molar-refractivity contribution in [2.75, 3.05) is 4.90 Å². The van der Waals surface area contributed by atoms with Gasteiger partial charge in [-0.15, -0.1) is 11.3 Å². The van der Waals surface area contributed by atoms with Gasteiger partial charge in [-0.3, -0.25) is 0 Å². The second-order valence-corrected chi connectivity index (χ2v) is 18.2. The van der Waals surface area contributed by atoms with Crippen molar-refractivity contribution in [2.24, 2.45) is 0 Å². The summed E-state index contributed by atoms with van der Waals surface area (Å²) in [4.78, 5) is 2.47. The van der Waals surface area contributed by atoms with Crippen molar-refractivity contribution in [3.8, 4) is 55.6 Å². The molecule has 0 fully saturated rings. The number of rotatable bonds is 8. The van der Waals surface area contributed by atoms with Gasteiger partial charge in [-0.25, -0.2) is 0 Å². The van der Waals surface area contributed by atoms with Crippen LogP contribution in [0.1, 0.15) is 0 Å². The predicted octanol–water partition coefficient (Wildman–Crippen LogP) is 18.9. The lowest BCUT2D eigenvalue weighted by atomic mass is 9.89. The number of anilines is 3. The lowest BCUT2D eigenvalue weighted by molar-refractivity contribution is 0.669. The molecule has 0 unspecified atom stereocenters. The first-order valence-corrected chi connectivity index (χ1v) is 23.6. The number of benzene rings is 11. The second kappa shape index (κ2) is 16.2. The van der Waals surface area contributed by atoms with Crippen molar-refractivity contribution in [1.82, 2.24) is 0 Å².